The van der Waals surface area contributed by atoms with Gasteiger partial charge in [0.1, 0.15) is 7.82 Å². The summed E-state index contributed by atoms with van der Waals surface area (Å²) in [7, 11) is -0.765. The van der Waals surface area contributed by atoms with Crippen molar-refractivity contribution >= 4 is 35.9 Å². The minimum absolute atomic E-state index is 0. The van der Waals surface area contributed by atoms with Gasteiger partial charge in [0.25, 0.3) is 0 Å². The second-order valence-corrected chi connectivity index (χ2v) is 6.95. The molecule has 0 saturated carbocycles. The van der Waals surface area contributed by atoms with E-state index >= 15 is 0 Å². The van der Waals surface area contributed by atoms with Gasteiger partial charge in [-0.3, -0.25) is 0 Å². The van der Waals surface area contributed by atoms with Crippen LogP contribution in [0.25, 0.3) is 12.2 Å². The fraction of sp³-hybridized carbons (Fsp3) is 0.176. The van der Waals surface area contributed by atoms with E-state index in [0.29, 0.717) is 17.1 Å². The van der Waals surface area contributed by atoms with E-state index in [4.69, 9.17) is 14.2 Å². The summed E-state index contributed by atoms with van der Waals surface area (Å²) >= 11 is 3.41. The van der Waals surface area contributed by atoms with Crippen LogP contribution in [0.1, 0.15) is 11.1 Å². The van der Waals surface area contributed by atoms with Crippen molar-refractivity contribution in [1.82, 2.24) is 0 Å². The molecule has 0 unspecified atom stereocenters. The SMILES string of the molecule is COc1ccc(/C=C\c2cc(Br)c(OC)c(OC)c2)cc1OP(=O)([O-])[O-].[Rb+].[Rb+]. The number of hydrogen-bond donors (Lipinski definition) is 0. The van der Waals surface area contributed by atoms with Gasteiger partial charge in [0.2, 0.25) is 0 Å². The van der Waals surface area contributed by atoms with Gasteiger partial charge < -0.3 is 33.1 Å². The number of rotatable bonds is 7. The second-order valence-electron chi connectivity index (χ2n) is 5.02. The van der Waals surface area contributed by atoms with Gasteiger partial charge in [-0.05, 0) is 51.3 Å². The smallest absolute Gasteiger partial charge is 0.780 e. The molecule has 0 atom stereocenters. The molecule has 0 heterocycles. The maximum absolute atomic E-state index is 10.9. The van der Waals surface area contributed by atoms with Crippen LogP contribution in [0.4, 0.5) is 0 Å². The van der Waals surface area contributed by atoms with E-state index in [1.54, 1.807) is 31.4 Å². The summed E-state index contributed by atoms with van der Waals surface area (Å²) in [4.78, 5) is 21.7. The van der Waals surface area contributed by atoms with Crippen LogP contribution in [0.15, 0.2) is 34.8 Å². The molecule has 0 aliphatic heterocycles. The van der Waals surface area contributed by atoms with Gasteiger partial charge in [-0.1, -0.05) is 18.2 Å². The average Bonchev–Trinajstić information content (AvgIpc) is 2.58. The molecule has 0 aromatic heterocycles. The van der Waals surface area contributed by atoms with E-state index in [-0.39, 0.29) is 128 Å². The summed E-state index contributed by atoms with van der Waals surface area (Å²) in [6, 6.07) is 8.22. The van der Waals surface area contributed by atoms with Crippen molar-refractivity contribution in [2.24, 2.45) is 0 Å². The average molecular weight is 614 g/mol. The molecular weight excluding hydrogens is 598 g/mol. The molecule has 0 aliphatic carbocycles. The summed E-state index contributed by atoms with van der Waals surface area (Å²) in [5, 5.41) is 0. The van der Waals surface area contributed by atoms with Crippen LogP contribution in [-0.2, 0) is 4.57 Å². The van der Waals surface area contributed by atoms with Crippen molar-refractivity contribution in [3.63, 3.8) is 0 Å². The molecular formula is C17H16BrO7PRb2. The molecule has 0 fully saturated rings. The molecule has 0 N–H and O–H groups in total. The van der Waals surface area contributed by atoms with Gasteiger partial charge >= 0.3 is 116 Å². The zero-order valence-electron chi connectivity index (χ0n) is 16.2. The van der Waals surface area contributed by atoms with E-state index in [0.717, 1.165) is 10.0 Å². The van der Waals surface area contributed by atoms with Crippen molar-refractivity contribution in [3.05, 3.63) is 45.9 Å². The Labute approximate surface area is 270 Å². The van der Waals surface area contributed by atoms with Crippen LogP contribution >= 0.6 is 23.8 Å². The molecule has 0 aliphatic rings. The Morgan fingerprint density at radius 3 is 1.96 bits per heavy atom. The molecule has 0 amide bonds. The van der Waals surface area contributed by atoms with Crippen LogP contribution in [0.5, 0.6) is 23.0 Å². The second kappa shape index (κ2) is 13.9. The van der Waals surface area contributed by atoms with E-state index in [1.807, 2.05) is 6.07 Å². The zero-order chi connectivity index (χ0) is 19.3. The first-order chi connectivity index (χ1) is 12.3. The van der Waals surface area contributed by atoms with Gasteiger partial charge in [0, 0.05) is 0 Å². The van der Waals surface area contributed by atoms with E-state index in [1.165, 1.54) is 26.4 Å². The Kier molecular flexibility index (Phi) is 14.7. The quantitative estimate of drug-likeness (QED) is 0.240. The van der Waals surface area contributed by atoms with E-state index in [9.17, 15) is 14.4 Å². The predicted molar refractivity (Wildman–Crippen MR) is 97.4 cm³/mol. The van der Waals surface area contributed by atoms with Crippen LogP contribution in [0.3, 0.4) is 0 Å². The summed E-state index contributed by atoms with van der Waals surface area (Å²) in [5.74, 6) is 1.10. The minimum Gasteiger partial charge on any atom is -0.780 e. The van der Waals surface area contributed by atoms with Crippen LogP contribution < -0.4 is 145 Å². The summed E-state index contributed by atoms with van der Waals surface area (Å²) in [6.07, 6.45) is 3.51. The fourth-order valence-corrected chi connectivity index (χ4v) is 3.22. The molecule has 2 aromatic rings. The molecule has 140 valence electrons. The molecule has 0 bridgehead atoms. The van der Waals surface area contributed by atoms with Crippen molar-refractivity contribution in [3.8, 4) is 23.0 Å². The van der Waals surface area contributed by atoms with Gasteiger partial charge in [0.15, 0.2) is 23.0 Å². The van der Waals surface area contributed by atoms with E-state index < -0.39 is 7.82 Å². The van der Waals surface area contributed by atoms with Gasteiger partial charge in [0.05, 0.1) is 25.8 Å². The Morgan fingerprint density at radius 2 is 1.43 bits per heavy atom. The standard InChI is InChI=1S/C17H18BrO7P.2Rb/c1-22-14-7-6-11(9-15(14)25-26(19,20)21)4-5-12-8-13(18)17(24-3)16(10-12)23-2;;/h4-10H,1-3H3,(H2,19,20,21);;/q;2*+1/p-2/b5-4-;;. The van der Waals surface area contributed by atoms with Crippen molar-refractivity contribution < 1.29 is 149 Å². The maximum Gasteiger partial charge on any atom is 1.00 e. The van der Waals surface area contributed by atoms with Gasteiger partial charge in [-0.25, -0.2) is 0 Å². The van der Waals surface area contributed by atoms with Crippen molar-refractivity contribution in [1.29, 1.82) is 0 Å². The third-order valence-electron chi connectivity index (χ3n) is 3.32. The number of phosphoric acid groups is 1. The van der Waals surface area contributed by atoms with Crippen LogP contribution in [0.2, 0.25) is 0 Å². The molecule has 0 saturated heterocycles. The zero-order valence-corrected chi connectivity index (χ0v) is 28.5. The van der Waals surface area contributed by atoms with Gasteiger partial charge in [-0.15, -0.1) is 0 Å². The predicted octanol–water partition coefficient (Wildman–Crippen LogP) is -3.14. The normalized spacial score (nSPS) is 10.6. The topological polar surface area (TPSA) is 100 Å². The third-order valence-corrected chi connectivity index (χ3v) is 4.33. The first kappa shape index (κ1) is 29.6. The maximum atomic E-state index is 10.9. The Balaban J connectivity index is 0.00000364. The number of hydrogen-bond acceptors (Lipinski definition) is 7. The molecule has 28 heavy (non-hydrogen) atoms. The molecule has 2 aromatic carbocycles. The number of phosphoric ester groups is 1. The number of ether oxygens (including phenoxy) is 3. The molecule has 0 spiro atoms. The van der Waals surface area contributed by atoms with Gasteiger partial charge in [-0.2, -0.15) is 0 Å². The largest absolute Gasteiger partial charge is 1.00 e. The number of benzene rings is 2. The Bertz CT molecular complexity index is 871. The molecule has 7 nitrogen and oxygen atoms in total. The third kappa shape index (κ3) is 9.01. The Hall–Kier alpha value is 1.62. The van der Waals surface area contributed by atoms with E-state index in [2.05, 4.69) is 20.5 Å². The number of methoxy groups -OCH3 is 3. The summed E-state index contributed by atoms with van der Waals surface area (Å²) < 4.78 is 31.6. The Morgan fingerprint density at radius 1 is 0.857 bits per heavy atom. The minimum atomic E-state index is -5.19. The molecule has 0 radical (unpaired) electrons. The first-order valence-corrected chi connectivity index (χ1v) is 9.52. The van der Waals surface area contributed by atoms with Crippen LogP contribution in [0, 0.1) is 0 Å². The monoisotopic (exact) mass is 612 g/mol. The first-order valence-electron chi connectivity index (χ1n) is 7.26. The van der Waals surface area contributed by atoms with Crippen molar-refractivity contribution in [2.45, 2.75) is 0 Å². The molecule has 11 heteroatoms. The molecule has 2 rings (SSSR count). The number of halogens is 1. The summed E-state index contributed by atoms with van der Waals surface area (Å²) in [6.45, 7) is 0. The summed E-state index contributed by atoms with van der Waals surface area (Å²) in [5.41, 5.74) is 1.42. The fourth-order valence-electron chi connectivity index (χ4n) is 2.22. The van der Waals surface area contributed by atoms with Crippen molar-refractivity contribution in [2.75, 3.05) is 21.3 Å². The van der Waals surface area contributed by atoms with Crippen LogP contribution in [-0.4, -0.2) is 21.3 Å².